The number of nitrogens with one attached hydrogen (secondary N) is 1. The summed E-state index contributed by atoms with van der Waals surface area (Å²) in [6.45, 7) is 3.42. The fourth-order valence-electron chi connectivity index (χ4n) is 2.60. The van der Waals surface area contributed by atoms with Crippen LogP contribution < -0.4 is 10.1 Å². The number of rotatable bonds is 8. The van der Waals surface area contributed by atoms with E-state index in [1.807, 2.05) is 18.2 Å². The van der Waals surface area contributed by atoms with Crippen molar-refractivity contribution in [3.8, 4) is 5.75 Å². The Balaban J connectivity index is 1.54. The highest BCUT2D eigenvalue weighted by Gasteiger charge is 2.17. The molecule has 1 aromatic heterocycles. The van der Waals surface area contributed by atoms with Gasteiger partial charge in [0.15, 0.2) is 17.5 Å². The van der Waals surface area contributed by atoms with Crippen LogP contribution in [0.5, 0.6) is 5.75 Å². The minimum Gasteiger partial charge on any atom is -0.484 e. The predicted octanol–water partition coefficient (Wildman–Crippen LogP) is 3.88. The van der Waals surface area contributed by atoms with Crippen LogP contribution in [0, 0.1) is 6.92 Å². The number of amides is 1. The highest BCUT2D eigenvalue weighted by Crippen LogP contribution is 2.23. The predicted molar refractivity (Wildman–Crippen MR) is 113 cm³/mol. The number of aromatic nitrogens is 1. The highest BCUT2D eigenvalue weighted by atomic mass is 32.1. The lowest BCUT2D eigenvalue weighted by atomic mass is 10.0. The van der Waals surface area contributed by atoms with Crippen LogP contribution in [-0.4, -0.2) is 35.9 Å². The van der Waals surface area contributed by atoms with Gasteiger partial charge in [-0.3, -0.25) is 14.9 Å². The van der Waals surface area contributed by atoms with Gasteiger partial charge in [-0.15, -0.1) is 0 Å². The van der Waals surface area contributed by atoms with E-state index < -0.39 is 11.9 Å². The molecule has 3 rings (SSSR count). The third kappa shape index (κ3) is 5.30. The third-order valence-electron chi connectivity index (χ3n) is 4.03. The zero-order valence-electron chi connectivity index (χ0n) is 16.5. The van der Waals surface area contributed by atoms with Gasteiger partial charge in [0.1, 0.15) is 10.6 Å². The SMILES string of the molecule is CCOC(=O)c1sc(NC(=O)COc2ccc(C(=O)c3ccccc3)cc2)nc1C. The molecule has 0 aliphatic heterocycles. The summed E-state index contributed by atoms with van der Waals surface area (Å²) < 4.78 is 10.4. The lowest BCUT2D eigenvalue weighted by molar-refractivity contribution is -0.118. The number of nitrogens with zero attached hydrogens (tertiary/aromatic N) is 1. The van der Waals surface area contributed by atoms with Gasteiger partial charge in [0.25, 0.3) is 5.91 Å². The molecule has 1 amide bonds. The molecule has 0 unspecified atom stereocenters. The van der Waals surface area contributed by atoms with Crippen LogP contribution in [0.4, 0.5) is 5.13 Å². The van der Waals surface area contributed by atoms with E-state index >= 15 is 0 Å². The number of aryl methyl sites for hydroxylation is 1. The molecule has 0 aliphatic rings. The molecular weight excluding hydrogens is 404 g/mol. The van der Waals surface area contributed by atoms with E-state index in [0.29, 0.717) is 32.6 Å². The lowest BCUT2D eigenvalue weighted by Gasteiger charge is -2.07. The largest absolute Gasteiger partial charge is 0.484 e. The molecule has 0 bridgehead atoms. The third-order valence-corrected chi connectivity index (χ3v) is 5.08. The lowest BCUT2D eigenvalue weighted by Crippen LogP contribution is -2.20. The average Bonchev–Trinajstić information content (AvgIpc) is 3.13. The summed E-state index contributed by atoms with van der Waals surface area (Å²) in [5.74, 6) is -0.508. The normalized spacial score (nSPS) is 10.3. The zero-order valence-corrected chi connectivity index (χ0v) is 17.3. The molecule has 30 heavy (non-hydrogen) atoms. The van der Waals surface area contributed by atoms with Gasteiger partial charge in [0, 0.05) is 11.1 Å². The van der Waals surface area contributed by atoms with Gasteiger partial charge in [-0.25, -0.2) is 9.78 Å². The van der Waals surface area contributed by atoms with Crippen LogP contribution in [0.1, 0.15) is 38.2 Å². The highest BCUT2D eigenvalue weighted by molar-refractivity contribution is 7.17. The van der Waals surface area contributed by atoms with Crippen LogP contribution in [0.2, 0.25) is 0 Å². The van der Waals surface area contributed by atoms with Gasteiger partial charge in [-0.1, -0.05) is 41.7 Å². The van der Waals surface area contributed by atoms with Gasteiger partial charge in [0.2, 0.25) is 0 Å². The van der Waals surface area contributed by atoms with Gasteiger partial charge in [0.05, 0.1) is 12.3 Å². The minimum absolute atomic E-state index is 0.0866. The van der Waals surface area contributed by atoms with E-state index in [1.165, 1.54) is 0 Å². The first-order valence-electron chi connectivity index (χ1n) is 9.25. The Labute approximate surface area is 177 Å². The molecular formula is C22H20N2O5S. The Morgan fingerprint density at radius 3 is 2.33 bits per heavy atom. The summed E-state index contributed by atoms with van der Waals surface area (Å²) in [7, 11) is 0. The molecule has 0 aliphatic carbocycles. The Hall–Kier alpha value is -3.52. The second-order valence-electron chi connectivity index (χ2n) is 6.21. The van der Waals surface area contributed by atoms with Crippen LogP contribution in [0.15, 0.2) is 54.6 Å². The molecule has 0 fully saturated rings. The van der Waals surface area contributed by atoms with Crippen molar-refractivity contribution in [2.75, 3.05) is 18.5 Å². The number of carbonyl (C=O) groups is 3. The van der Waals surface area contributed by atoms with Crippen molar-refractivity contribution in [3.05, 3.63) is 76.3 Å². The van der Waals surface area contributed by atoms with Crippen LogP contribution in [0.25, 0.3) is 0 Å². The average molecular weight is 424 g/mol. The van der Waals surface area contributed by atoms with E-state index in [2.05, 4.69) is 10.3 Å². The quantitative estimate of drug-likeness (QED) is 0.436. The first-order valence-corrected chi connectivity index (χ1v) is 10.1. The summed E-state index contributed by atoms with van der Waals surface area (Å²) >= 11 is 1.05. The van der Waals surface area contributed by atoms with E-state index in [1.54, 1.807) is 50.2 Å². The maximum absolute atomic E-state index is 12.4. The van der Waals surface area contributed by atoms with Gasteiger partial charge in [-0.05, 0) is 38.1 Å². The summed E-state index contributed by atoms with van der Waals surface area (Å²) in [5.41, 5.74) is 1.63. The monoisotopic (exact) mass is 424 g/mol. The van der Waals surface area contributed by atoms with Gasteiger partial charge < -0.3 is 9.47 Å². The van der Waals surface area contributed by atoms with Crippen molar-refractivity contribution in [1.29, 1.82) is 0 Å². The number of anilines is 1. The first kappa shape index (κ1) is 21.2. The summed E-state index contributed by atoms with van der Waals surface area (Å²) in [5, 5.41) is 2.90. The van der Waals surface area contributed by atoms with Crippen molar-refractivity contribution < 1.29 is 23.9 Å². The number of ketones is 1. The van der Waals surface area contributed by atoms with E-state index in [0.717, 1.165) is 11.3 Å². The fourth-order valence-corrected chi connectivity index (χ4v) is 3.48. The number of hydrogen-bond acceptors (Lipinski definition) is 7. The van der Waals surface area contributed by atoms with Gasteiger partial charge in [-0.2, -0.15) is 0 Å². The number of ether oxygens (including phenoxy) is 2. The van der Waals surface area contributed by atoms with E-state index in [9.17, 15) is 14.4 Å². The smallest absolute Gasteiger partial charge is 0.350 e. The molecule has 154 valence electrons. The maximum Gasteiger partial charge on any atom is 0.350 e. The Morgan fingerprint density at radius 1 is 1.00 bits per heavy atom. The number of thiazole rings is 1. The van der Waals surface area contributed by atoms with E-state index in [-0.39, 0.29) is 19.0 Å². The summed E-state index contributed by atoms with van der Waals surface area (Å²) in [6.07, 6.45) is 0. The standard InChI is InChI=1S/C22H20N2O5S/c1-3-28-21(27)20-14(2)23-22(30-20)24-18(25)13-29-17-11-9-16(10-12-17)19(26)15-7-5-4-6-8-15/h4-12H,3,13H2,1-2H3,(H,23,24,25). The molecule has 0 atom stereocenters. The molecule has 0 saturated carbocycles. The number of benzene rings is 2. The van der Waals surface area contributed by atoms with Gasteiger partial charge >= 0.3 is 5.97 Å². The molecule has 3 aromatic rings. The molecule has 0 radical (unpaired) electrons. The van der Waals surface area contributed by atoms with Crippen molar-refractivity contribution in [1.82, 2.24) is 4.98 Å². The number of hydrogen-bond donors (Lipinski definition) is 1. The summed E-state index contributed by atoms with van der Waals surface area (Å²) in [4.78, 5) is 40.9. The van der Waals surface area contributed by atoms with Crippen LogP contribution >= 0.6 is 11.3 Å². The topological polar surface area (TPSA) is 94.6 Å². The Morgan fingerprint density at radius 2 is 1.67 bits per heavy atom. The number of esters is 1. The summed E-state index contributed by atoms with van der Waals surface area (Å²) in [6, 6.07) is 15.5. The van der Waals surface area contributed by atoms with Crippen LogP contribution in [0.3, 0.4) is 0 Å². The molecule has 2 aromatic carbocycles. The molecule has 7 nitrogen and oxygen atoms in total. The maximum atomic E-state index is 12.4. The molecule has 1 heterocycles. The van der Waals surface area contributed by atoms with Crippen molar-refractivity contribution in [3.63, 3.8) is 0 Å². The molecule has 1 N–H and O–H groups in total. The fraction of sp³-hybridized carbons (Fsp3) is 0.182. The first-order chi connectivity index (χ1) is 14.5. The Kier molecular flexibility index (Phi) is 6.92. The van der Waals surface area contributed by atoms with Crippen molar-refractivity contribution in [2.24, 2.45) is 0 Å². The van der Waals surface area contributed by atoms with E-state index in [4.69, 9.17) is 9.47 Å². The minimum atomic E-state index is -0.464. The second kappa shape index (κ2) is 9.80. The Bertz CT molecular complexity index is 1050. The molecule has 8 heteroatoms. The van der Waals surface area contributed by atoms with Crippen molar-refractivity contribution in [2.45, 2.75) is 13.8 Å². The molecule has 0 saturated heterocycles. The van der Waals surface area contributed by atoms with Crippen LogP contribution in [-0.2, 0) is 9.53 Å². The van der Waals surface area contributed by atoms with Crippen molar-refractivity contribution >= 4 is 34.1 Å². The number of carbonyl (C=O) groups excluding carboxylic acids is 3. The molecule has 0 spiro atoms. The second-order valence-corrected chi connectivity index (χ2v) is 7.21. The zero-order chi connectivity index (χ0) is 21.5.